The van der Waals surface area contributed by atoms with Gasteiger partial charge in [-0.3, -0.25) is 4.79 Å². The molecule has 3 heterocycles. The van der Waals surface area contributed by atoms with Crippen molar-refractivity contribution in [3.05, 3.63) is 59.1 Å². The van der Waals surface area contributed by atoms with Gasteiger partial charge in [0.05, 0.1) is 11.0 Å². The summed E-state index contributed by atoms with van der Waals surface area (Å²) in [6.45, 7) is 3.52. The lowest BCUT2D eigenvalue weighted by atomic mass is 9.88. The minimum absolute atomic E-state index is 0.140. The Morgan fingerprint density at radius 1 is 1.00 bits per heavy atom. The molecule has 5 rings (SSSR count). The molecule has 2 saturated heterocycles. The molecule has 162 valence electrons. The van der Waals surface area contributed by atoms with Crippen molar-refractivity contribution in [2.45, 2.75) is 32.1 Å². The number of benzene rings is 2. The first-order valence-electron chi connectivity index (χ1n) is 11.4. The zero-order valence-corrected chi connectivity index (χ0v) is 18.5. The number of imidazole rings is 1. The van der Waals surface area contributed by atoms with E-state index in [0.29, 0.717) is 16.8 Å². The van der Waals surface area contributed by atoms with E-state index in [9.17, 15) is 4.79 Å². The summed E-state index contributed by atoms with van der Waals surface area (Å²) in [6, 6.07) is 16.4. The van der Waals surface area contributed by atoms with Gasteiger partial charge in [0, 0.05) is 37.1 Å². The molecular formula is C25H29ClN4O. The van der Waals surface area contributed by atoms with Crippen LogP contribution >= 0.6 is 11.6 Å². The number of amides is 1. The quantitative estimate of drug-likeness (QED) is 0.631. The van der Waals surface area contributed by atoms with E-state index < -0.39 is 0 Å². The predicted octanol–water partition coefficient (Wildman–Crippen LogP) is 4.91. The third-order valence-corrected chi connectivity index (χ3v) is 7.10. The van der Waals surface area contributed by atoms with Crippen molar-refractivity contribution in [2.24, 2.45) is 11.8 Å². The van der Waals surface area contributed by atoms with Crippen LogP contribution < -0.4 is 4.90 Å². The number of hydrogen-bond donors (Lipinski definition) is 1. The maximum atomic E-state index is 13.1. The molecule has 6 heteroatoms. The molecule has 2 fully saturated rings. The molecule has 31 heavy (non-hydrogen) atoms. The van der Waals surface area contributed by atoms with E-state index >= 15 is 0 Å². The minimum atomic E-state index is 0.140. The first-order valence-corrected chi connectivity index (χ1v) is 11.8. The van der Waals surface area contributed by atoms with Gasteiger partial charge in [-0.1, -0.05) is 41.9 Å². The second-order valence-electron chi connectivity index (χ2n) is 8.94. The number of fused-ring (bicyclic) bond motifs is 1. The van der Waals surface area contributed by atoms with Crippen molar-refractivity contribution in [1.29, 1.82) is 0 Å². The number of piperidine rings is 2. The molecule has 1 amide bonds. The highest BCUT2D eigenvalue weighted by atomic mass is 35.5. The third-order valence-electron chi connectivity index (χ3n) is 6.87. The highest BCUT2D eigenvalue weighted by molar-refractivity contribution is 6.31. The van der Waals surface area contributed by atoms with Gasteiger partial charge in [-0.15, -0.1) is 0 Å². The van der Waals surface area contributed by atoms with Crippen LogP contribution in [0.5, 0.6) is 0 Å². The Morgan fingerprint density at radius 3 is 2.48 bits per heavy atom. The molecule has 0 unspecified atom stereocenters. The summed E-state index contributed by atoms with van der Waals surface area (Å²) in [5.41, 5.74) is 3.29. The molecule has 0 bridgehead atoms. The van der Waals surface area contributed by atoms with Gasteiger partial charge in [0.1, 0.15) is 0 Å². The van der Waals surface area contributed by atoms with E-state index in [1.54, 1.807) is 0 Å². The topological polar surface area (TPSA) is 52.2 Å². The van der Waals surface area contributed by atoms with E-state index in [1.807, 2.05) is 18.2 Å². The van der Waals surface area contributed by atoms with E-state index in [2.05, 4.69) is 45.1 Å². The van der Waals surface area contributed by atoms with E-state index in [-0.39, 0.29) is 5.92 Å². The van der Waals surface area contributed by atoms with Crippen molar-refractivity contribution >= 4 is 34.5 Å². The fourth-order valence-corrected chi connectivity index (χ4v) is 5.19. The fraction of sp³-hybridized carbons (Fsp3) is 0.440. The van der Waals surface area contributed by atoms with Crippen molar-refractivity contribution in [1.82, 2.24) is 14.9 Å². The zero-order valence-electron chi connectivity index (χ0n) is 17.8. The van der Waals surface area contributed by atoms with Crippen LogP contribution in [0.4, 0.5) is 5.95 Å². The van der Waals surface area contributed by atoms with Gasteiger partial charge in [0.2, 0.25) is 11.9 Å². The Hall–Kier alpha value is -2.53. The molecule has 0 atom stereocenters. The Bertz CT molecular complexity index is 1030. The van der Waals surface area contributed by atoms with Gasteiger partial charge < -0.3 is 14.8 Å². The number of carbonyl (C=O) groups excluding carboxylic acids is 1. The number of likely N-dealkylation sites (tertiary alicyclic amines) is 1. The number of nitrogens with one attached hydrogen (secondary N) is 1. The van der Waals surface area contributed by atoms with Crippen LogP contribution in [0.25, 0.3) is 11.0 Å². The average Bonchev–Trinajstić information content (AvgIpc) is 3.23. The first kappa shape index (κ1) is 20.4. The van der Waals surface area contributed by atoms with Crippen LogP contribution in [0.2, 0.25) is 5.02 Å². The number of aromatic amines is 1. The molecule has 0 radical (unpaired) electrons. The molecule has 3 aromatic rings. The summed E-state index contributed by atoms with van der Waals surface area (Å²) >= 11 is 6.09. The van der Waals surface area contributed by atoms with Gasteiger partial charge in [-0.2, -0.15) is 0 Å². The maximum Gasteiger partial charge on any atom is 0.225 e. The number of hydrogen-bond acceptors (Lipinski definition) is 3. The van der Waals surface area contributed by atoms with Crippen LogP contribution in [0.15, 0.2) is 48.5 Å². The predicted molar refractivity (Wildman–Crippen MR) is 125 cm³/mol. The van der Waals surface area contributed by atoms with Crippen molar-refractivity contribution in [3.8, 4) is 0 Å². The standard InChI is InChI=1S/C25H29ClN4O/c26-21-6-7-22-23(17-21)28-25(27-22)30-14-10-20(11-15-30)24(31)29-12-8-19(9-13-29)16-18-4-2-1-3-5-18/h1-7,17,19-20H,8-16H2,(H,27,28). The lowest BCUT2D eigenvalue weighted by Gasteiger charge is -2.37. The summed E-state index contributed by atoms with van der Waals surface area (Å²) in [6.07, 6.45) is 5.13. The number of halogens is 1. The van der Waals surface area contributed by atoms with E-state index in [0.717, 1.165) is 75.3 Å². The van der Waals surface area contributed by atoms with Crippen molar-refractivity contribution < 1.29 is 4.79 Å². The largest absolute Gasteiger partial charge is 0.342 e. The number of H-pyrrole nitrogens is 1. The molecule has 2 aromatic carbocycles. The number of rotatable bonds is 4. The van der Waals surface area contributed by atoms with Crippen molar-refractivity contribution in [3.63, 3.8) is 0 Å². The molecule has 1 aromatic heterocycles. The Labute approximate surface area is 188 Å². The number of anilines is 1. The molecule has 2 aliphatic rings. The summed E-state index contributed by atoms with van der Waals surface area (Å²) in [5, 5.41) is 0.708. The molecule has 0 spiro atoms. The Balaban J connectivity index is 1.12. The van der Waals surface area contributed by atoms with Crippen LogP contribution in [0, 0.1) is 11.8 Å². The number of carbonyl (C=O) groups is 1. The normalized spacial score (nSPS) is 18.6. The minimum Gasteiger partial charge on any atom is -0.342 e. The maximum absolute atomic E-state index is 13.1. The fourth-order valence-electron chi connectivity index (χ4n) is 5.02. The van der Waals surface area contributed by atoms with Crippen LogP contribution in [-0.4, -0.2) is 47.0 Å². The average molecular weight is 437 g/mol. The van der Waals surface area contributed by atoms with Crippen LogP contribution in [0.3, 0.4) is 0 Å². The van der Waals surface area contributed by atoms with Crippen LogP contribution in [-0.2, 0) is 11.2 Å². The molecule has 1 N–H and O–H groups in total. The van der Waals surface area contributed by atoms with Gasteiger partial charge in [0.25, 0.3) is 0 Å². The van der Waals surface area contributed by atoms with Crippen molar-refractivity contribution in [2.75, 3.05) is 31.1 Å². The van der Waals surface area contributed by atoms with Crippen LogP contribution in [0.1, 0.15) is 31.2 Å². The Kier molecular flexibility index (Phi) is 5.86. The van der Waals surface area contributed by atoms with Gasteiger partial charge in [-0.05, 0) is 61.8 Å². The molecule has 5 nitrogen and oxygen atoms in total. The molecular weight excluding hydrogens is 408 g/mol. The lowest BCUT2D eigenvalue weighted by molar-refractivity contribution is -0.137. The first-order chi connectivity index (χ1) is 15.2. The zero-order chi connectivity index (χ0) is 21.2. The van der Waals surface area contributed by atoms with E-state index in [1.165, 1.54) is 5.56 Å². The number of nitrogens with zero attached hydrogens (tertiary/aromatic N) is 3. The lowest BCUT2D eigenvalue weighted by Crippen LogP contribution is -2.45. The second-order valence-corrected chi connectivity index (χ2v) is 9.38. The third kappa shape index (κ3) is 4.57. The van der Waals surface area contributed by atoms with Gasteiger partial charge in [-0.25, -0.2) is 4.98 Å². The van der Waals surface area contributed by atoms with E-state index in [4.69, 9.17) is 16.6 Å². The monoisotopic (exact) mass is 436 g/mol. The summed E-state index contributed by atoms with van der Waals surface area (Å²) in [7, 11) is 0. The summed E-state index contributed by atoms with van der Waals surface area (Å²) in [5.74, 6) is 2.06. The molecule has 2 aliphatic heterocycles. The summed E-state index contributed by atoms with van der Waals surface area (Å²) < 4.78 is 0. The highest BCUT2D eigenvalue weighted by Crippen LogP contribution is 2.28. The van der Waals surface area contributed by atoms with Gasteiger partial charge in [0.15, 0.2) is 0 Å². The number of aromatic nitrogens is 2. The SMILES string of the molecule is O=C(C1CCN(c2nc3ccc(Cl)cc3[nH]2)CC1)N1CCC(Cc2ccccc2)CC1. The smallest absolute Gasteiger partial charge is 0.225 e. The second kappa shape index (κ2) is 8.91. The molecule has 0 aliphatic carbocycles. The Morgan fingerprint density at radius 2 is 1.74 bits per heavy atom. The highest BCUT2D eigenvalue weighted by Gasteiger charge is 2.31. The summed E-state index contributed by atoms with van der Waals surface area (Å²) in [4.78, 5) is 25.5. The van der Waals surface area contributed by atoms with Gasteiger partial charge >= 0.3 is 0 Å². The molecule has 0 saturated carbocycles.